The summed E-state index contributed by atoms with van der Waals surface area (Å²) in [6, 6.07) is 10.8. The van der Waals surface area contributed by atoms with Crippen molar-refractivity contribution in [2.24, 2.45) is 5.10 Å². The lowest BCUT2D eigenvalue weighted by molar-refractivity contribution is 0.0955. The predicted molar refractivity (Wildman–Crippen MR) is 142 cm³/mol. The van der Waals surface area contributed by atoms with E-state index in [0.717, 1.165) is 11.3 Å². The number of sulfonamides is 2. The van der Waals surface area contributed by atoms with Gasteiger partial charge in [0.05, 0.1) is 28.1 Å². The number of benzene rings is 1. The number of likely N-dealkylation sites (N-methyl/N-ethyl adjacent to an activating group) is 1. The van der Waals surface area contributed by atoms with Gasteiger partial charge in [0.25, 0.3) is 15.9 Å². The van der Waals surface area contributed by atoms with Gasteiger partial charge in [-0.1, -0.05) is 18.2 Å². The van der Waals surface area contributed by atoms with Gasteiger partial charge in [-0.25, -0.2) is 22.3 Å². The molecule has 1 saturated heterocycles. The van der Waals surface area contributed by atoms with Crippen molar-refractivity contribution in [3.05, 3.63) is 71.4 Å². The molecule has 1 aliphatic heterocycles. The molecule has 0 atom stereocenters. The largest absolute Gasteiger partial charge is 0.304 e. The third-order valence-electron chi connectivity index (χ3n) is 5.75. The van der Waals surface area contributed by atoms with Crippen LogP contribution in [0.5, 0.6) is 0 Å². The van der Waals surface area contributed by atoms with E-state index in [9.17, 15) is 21.6 Å². The molecule has 1 aliphatic rings. The first-order valence-electron chi connectivity index (χ1n) is 11.2. The lowest BCUT2D eigenvalue weighted by atomic mass is 10.1. The van der Waals surface area contributed by atoms with Gasteiger partial charge >= 0.3 is 0 Å². The minimum absolute atomic E-state index is 0.00141. The van der Waals surface area contributed by atoms with Gasteiger partial charge in [-0.3, -0.25) is 14.5 Å². The maximum Gasteiger partial charge on any atom is 0.273 e. The summed E-state index contributed by atoms with van der Waals surface area (Å²) in [7, 11) is -5.60. The molecular formula is C23H26N6O5S3. The van der Waals surface area contributed by atoms with E-state index in [0.29, 0.717) is 37.5 Å². The number of hydrogen-bond acceptors (Lipinski definition) is 9. The number of hydrogen-bond donors (Lipinski definition) is 2. The molecule has 4 rings (SSSR count). The van der Waals surface area contributed by atoms with Crippen molar-refractivity contribution < 1.29 is 21.6 Å². The molecule has 1 amide bonds. The Hall–Kier alpha value is -3.17. The van der Waals surface area contributed by atoms with Crippen LogP contribution in [0.1, 0.15) is 22.8 Å². The Bertz CT molecular complexity index is 1510. The number of anilines is 1. The fraction of sp³-hybridized carbons (Fsp3) is 0.261. The standard InChI is InChI=1S/C23H26N6O5S3/c1-17(18-5-3-6-19(15-18)37(33,34)29-12-10-28(2)11-13-29)25-26-23(30)20-8-9-24-16-21(20)27-36(31,32)22-7-4-14-35-22/h3-9,14-16,27H,10-13H2,1-2H3,(H,26,30). The molecule has 0 aliphatic carbocycles. The smallest absolute Gasteiger partial charge is 0.273 e. The van der Waals surface area contributed by atoms with Crippen molar-refractivity contribution in [3.63, 3.8) is 0 Å². The van der Waals surface area contributed by atoms with Gasteiger partial charge in [0.1, 0.15) is 4.21 Å². The first-order valence-corrected chi connectivity index (χ1v) is 15.0. The summed E-state index contributed by atoms with van der Waals surface area (Å²) in [5.41, 5.74) is 3.33. The van der Waals surface area contributed by atoms with Crippen LogP contribution in [-0.4, -0.2) is 75.9 Å². The average molecular weight is 563 g/mol. The van der Waals surface area contributed by atoms with E-state index < -0.39 is 26.0 Å². The van der Waals surface area contributed by atoms with E-state index in [1.54, 1.807) is 30.5 Å². The van der Waals surface area contributed by atoms with E-state index in [4.69, 9.17) is 0 Å². The van der Waals surface area contributed by atoms with Gasteiger partial charge in [0, 0.05) is 32.4 Å². The SMILES string of the molecule is CC(=NNC(=O)c1ccncc1NS(=O)(=O)c1cccs1)c1cccc(S(=O)(=O)N2CCN(C)CC2)c1. The highest BCUT2D eigenvalue weighted by atomic mass is 32.2. The van der Waals surface area contributed by atoms with Crippen molar-refractivity contribution in [2.45, 2.75) is 16.0 Å². The summed E-state index contributed by atoms with van der Waals surface area (Å²) in [5.74, 6) is -0.660. The van der Waals surface area contributed by atoms with Crippen LogP contribution < -0.4 is 10.1 Å². The fourth-order valence-corrected chi connectivity index (χ4v) is 7.13. The minimum atomic E-state index is -3.88. The number of nitrogens with one attached hydrogen (secondary N) is 2. The maximum atomic E-state index is 13.1. The Morgan fingerprint density at radius 1 is 1.05 bits per heavy atom. The lowest BCUT2D eigenvalue weighted by Gasteiger charge is -2.31. The van der Waals surface area contributed by atoms with Crippen LogP contribution in [0.25, 0.3) is 0 Å². The highest BCUT2D eigenvalue weighted by Crippen LogP contribution is 2.22. The third kappa shape index (κ3) is 6.22. The predicted octanol–water partition coefficient (Wildman–Crippen LogP) is 2.03. The van der Waals surface area contributed by atoms with Crippen LogP contribution in [0.4, 0.5) is 5.69 Å². The number of hydrazone groups is 1. The number of rotatable bonds is 8. The summed E-state index contributed by atoms with van der Waals surface area (Å²) in [6.07, 6.45) is 2.60. The van der Waals surface area contributed by atoms with Crippen LogP contribution in [0, 0.1) is 0 Å². The van der Waals surface area contributed by atoms with Crippen molar-refractivity contribution in [1.29, 1.82) is 0 Å². The molecule has 1 fully saturated rings. The zero-order valence-electron chi connectivity index (χ0n) is 20.2. The van der Waals surface area contributed by atoms with Crippen molar-refractivity contribution >= 4 is 48.7 Å². The Labute approximate surface area is 219 Å². The Morgan fingerprint density at radius 3 is 2.51 bits per heavy atom. The average Bonchev–Trinajstić information content (AvgIpc) is 3.44. The molecule has 14 heteroatoms. The molecule has 3 heterocycles. The number of pyridine rings is 1. The number of amides is 1. The number of carbonyl (C=O) groups is 1. The zero-order valence-corrected chi connectivity index (χ0v) is 22.6. The van der Waals surface area contributed by atoms with Gasteiger partial charge < -0.3 is 4.90 Å². The molecule has 11 nitrogen and oxygen atoms in total. The monoisotopic (exact) mass is 562 g/mol. The lowest BCUT2D eigenvalue weighted by Crippen LogP contribution is -2.47. The molecule has 1 aromatic carbocycles. The highest BCUT2D eigenvalue weighted by molar-refractivity contribution is 7.94. The molecular weight excluding hydrogens is 536 g/mol. The first kappa shape index (κ1) is 26.9. The van der Waals surface area contributed by atoms with Gasteiger partial charge in [-0.05, 0) is 49.2 Å². The van der Waals surface area contributed by atoms with E-state index in [1.165, 1.54) is 41.0 Å². The third-order valence-corrected chi connectivity index (χ3v) is 10.4. The van der Waals surface area contributed by atoms with Crippen molar-refractivity contribution in [3.8, 4) is 0 Å². The first-order chi connectivity index (χ1) is 17.6. The zero-order chi connectivity index (χ0) is 26.6. The van der Waals surface area contributed by atoms with Crippen LogP contribution in [0.15, 0.2) is 74.4 Å². The minimum Gasteiger partial charge on any atom is -0.304 e. The normalized spacial score (nSPS) is 15.9. The van der Waals surface area contributed by atoms with Crippen LogP contribution in [-0.2, 0) is 20.0 Å². The van der Waals surface area contributed by atoms with E-state index in [2.05, 4.69) is 25.1 Å². The Balaban J connectivity index is 1.50. The fourth-order valence-electron chi connectivity index (χ4n) is 3.60. The molecule has 0 saturated carbocycles. The summed E-state index contributed by atoms with van der Waals surface area (Å²) in [6.45, 7) is 3.78. The summed E-state index contributed by atoms with van der Waals surface area (Å²) >= 11 is 1.05. The summed E-state index contributed by atoms with van der Waals surface area (Å²) in [4.78, 5) is 19.0. The van der Waals surface area contributed by atoms with Gasteiger partial charge in [-0.2, -0.15) is 9.41 Å². The maximum absolute atomic E-state index is 13.1. The molecule has 0 unspecified atom stereocenters. The second-order valence-corrected chi connectivity index (χ2v) is 13.1. The van der Waals surface area contributed by atoms with Crippen LogP contribution in [0.2, 0.25) is 0 Å². The Morgan fingerprint density at radius 2 is 1.81 bits per heavy atom. The molecule has 0 bridgehead atoms. The molecule has 37 heavy (non-hydrogen) atoms. The number of nitrogens with zero attached hydrogens (tertiary/aromatic N) is 4. The quantitative estimate of drug-likeness (QED) is 0.316. The van der Waals surface area contributed by atoms with E-state index in [1.807, 2.05) is 7.05 Å². The molecule has 0 radical (unpaired) electrons. The molecule has 3 aromatic rings. The molecule has 2 N–H and O–H groups in total. The highest BCUT2D eigenvalue weighted by Gasteiger charge is 2.27. The van der Waals surface area contributed by atoms with E-state index >= 15 is 0 Å². The number of piperazine rings is 1. The van der Waals surface area contributed by atoms with Gasteiger partial charge in [0.2, 0.25) is 10.0 Å². The van der Waals surface area contributed by atoms with Crippen molar-refractivity contribution in [1.82, 2.24) is 19.6 Å². The van der Waals surface area contributed by atoms with Gasteiger partial charge in [-0.15, -0.1) is 11.3 Å². The van der Waals surface area contributed by atoms with Crippen LogP contribution in [0.3, 0.4) is 0 Å². The number of carbonyl (C=O) groups excluding carboxylic acids is 1. The summed E-state index contributed by atoms with van der Waals surface area (Å²) < 4.78 is 55.3. The van der Waals surface area contributed by atoms with Gasteiger partial charge in [0.15, 0.2) is 0 Å². The molecule has 0 spiro atoms. The van der Waals surface area contributed by atoms with Crippen LogP contribution >= 0.6 is 11.3 Å². The van der Waals surface area contributed by atoms with Crippen molar-refractivity contribution in [2.75, 3.05) is 37.9 Å². The second-order valence-electron chi connectivity index (χ2n) is 8.33. The molecule has 2 aromatic heterocycles. The Kier molecular flexibility index (Phi) is 8.04. The van der Waals surface area contributed by atoms with E-state index in [-0.39, 0.29) is 20.4 Å². The number of thiophene rings is 1. The second kappa shape index (κ2) is 11.1. The number of aromatic nitrogens is 1. The topological polar surface area (TPSA) is 141 Å². The summed E-state index contributed by atoms with van der Waals surface area (Å²) in [5, 5.41) is 5.74. The molecule has 196 valence electrons.